The van der Waals surface area contributed by atoms with Crippen LogP contribution in [-0.4, -0.2) is 30.4 Å². The molecule has 1 aromatic rings. The molecule has 1 aliphatic heterocycles. The van der Waals surface area contributed by atoms with Crippen molar-refractivity contribution in [2.45, 2.75) is 44.9 Å². The summed E-state index contributed by atoms with van der Waals surface area (Å²) in [4.78, 5) is 13.7. The molecule has 1 aromatic carbocycles. The van der Waals surface area contributed by atoms with Crippen LogP contribution in [0.3, 0.4) is 0 Å². The molecule has 1 amide bonds. The highest BCUT2D eigenvalue weighted by molar-refractivity contribution is 5.77. The molecule has 2 aliphatic rings. The van der Waals surface area contributed by atoms with Crippen molar-refractivity contribution in [3.8, 4) is 0 Å². The topological polar surface area (TPSA) is 32.3 Å². The Morgan fingerprint density at radius 3 is 2.67 bits per heavy atom. The molecule has 0 radical (unpaired) electrons. The molecule has 6 heteroatoms. The van der Waals surface area contributed by atoms with Gasteiger partial charge in [0.05, 0.1) is 5.56 Å². The summed E-state index contributed by atoms with van der Waals surface area (Å²) in [6.45, 7) is 3.08. The minimum atomic E-state index is -4.31. The molecule has 3 rings (SSSR count). The Morgan fingerprint density at radius 2 is 1.96 bits per heavy atom. The summed E-state index contributed by atoms with van der Waals surface area (Å²) in [6, 6.07) is 4.27. The van der Waals surface area contributed by atoms with Gasteiger partial charge >= 0.3 is 6.18 Å². The first-order valence-electron chi connectivity index (χ1n) is 8.37. The zero-order valence-electron chi connectivity index (χ0n) is 14.0. The fraction of sp³-hybridized carbons (Fsp3) is 0.611. The molecular formula is C18H23F3N2O. The van der Waals surface area contributed by atoms with E-state index in [1.165, 1.54) is 6.07 Å². The van der Waals surface area contributed by atoms with Gasteiger partial charge in [-0.15, -0.1) is 0 Å². The lowest BCUT2D eigenvalue weighted by atomic mass is 9.89. The van der Waals surface area contributed by atoms with Gasteiger partial charge in [0.15, 0.2) is 0 Å². The molecule has 0 spiro atoms. The van der Waals surface area contributed by atoms with Crippen LogP contribution in [0.4, 0.5) is 13.2 Å². The number of hydrogen-bond acceptors (Lipinski definition) is 2. The van der Waals surface area contributed by atoms with Crippen LogP contribution >= 0.6 is 0 Å². The summed E-state index contributed by atoms with van der Waals surface area (Å²) in [5.74, 6) is 1.03. The van der Waals surface area contributed by atoms with Crippen LogP contribution < -0.4 is 5.32 Å². The predicted octanol–water partition coefficient (Wildman–Crippen LogP) is 3.36. The number of fused-ring (bicyclic) bond motifs is 1. The molecule has 3 atom stereocenters. The van der Waals surface area contributed by atoms with Crippen LogP contribution in [0.1, 0.15) is 36.0 Å². The van der Waals surface area contributed by atoms with Crippen LogP contribution in [0, 0.1) is 18.8 Å². The van der Waals surface area contributed by atoms with Crippen molar-refractivity contribution in [1.82, 2.24) is 10.2 Å². The lowest BCUT2D eigenvalue weighted by molar-refractivity contribution is -0.137. The fourth-order valence-corrected chi connectivity index (χ4v) is 4.01. The van der Waals surface area contributed by atoms with E-state index in [9.17, 15) is 18.0 Å². The van der Waals surface area contributed by atoms with Crippen LogP contribution in [0.25, 0.3) is 0 Å². The average Bonchev–Trinajstić information content (AvgIpc) is 2.91. The van der Waals surface area contributed by atoms with Crippen molar-refractivity contribution in [3.05, 3.63) is 34.9 Å². The number of rotatable bonds is 3. The van der Waals surface area contributed by atoms with Gasteiger partial charge in [-0.1, -0.05) is 6.07 Å². The highest BCUT2D eigenvalue weighted by atomic mass is 19.4. The van der Waals surface area contributed by atoms with E-state index in [0.29, 0.717) is 30.8 Å². The van der Waals surface area contributed by atoms with Crippen molar-refractivity contribution in [2.75, 3.05) is 13.6 Å². The third kappa shape index (κ3) is 3.58. The molecule has 2 fully saturated rings. The van der Waals surface area contributed by atoms with Crippen molar-refractivity contribution in [1.29, 1.82) is 0 Å². The summed E-state index contributed by atoms with van der Waals surface area (Å²) in [7, 11) is 1.97. The van der Waals surface area contributed by atoms with E-state index in [1.807, 2.05) is 14.0 Å². The third-order valence-electron chi connectivity index (χ3n) is 5.54. The average molecular weight is 340 g/mol. The second kappa shape index (κ2) is 6.39. The highest BCUT2D eigenvalue weighted by Gasteiger charge is 2.39. The summed E-state index contributed by atoms with van der Waals surface area (Å²) in [5.41, 5.74) is 1.00. The van der Waals surface area contributed by atoms with E-state index in [4.69, 9.17) is 0 Å². The predicted molar refractivity (Wildman–Crippen MR) is 85.3 cm³/mol. The summed E-state index contributed by atoms with van der Waals surface area (Å²) in [6.07, 6.45) is -1.78. The first-order chi connectivity index (χ1) is 11.2. The lowest BCUT2D eigenvalue weighted by Crippen LogP contribution is -2.38. The number of alkyl halides is 3. The van der Waals surface area contributed by atoms with Crippen LogP contribution in [0.15, 0.2) is 18.2 Å². The largest absolute Gasteiger partial charge is 0.416 e. The monoisotopic (exact) mass is 340 g/mol. The number of aryl methyl sites for hydroxylation is 1. The number of benzene rings is 1. The SMILES string of the molecule is Cc1ccc(C(F)(F)F)cc1CN(C)[C@H]1C[C@H]2CNC(=O)C[C@H]2C1. The van der Waals surface area contributed by atoms with Crippen LogP contribution in [-0.2, 0) is 17.5 Å². The number of hydrogen-bond donors (Lipinski definition) is 1. The molecular weight excluding hydrogens is 317 g/mol. The van der Waals surface area contributed by atoms with Crippen LogP contribution in [0.5, 0.6) is 0 Å². The van der Waals surface area contributed by atoms with Gasteiger partial charge in [0.25, 0.3) is 0 Å². The lowest BCUT2D eigenvalue weighted by Gasteiger charge is -2.25. The van der Waals surface area contributed by atoms with Crippen LogP contribution in [0.2, 0.25) is 0 Å². The molecule has 132 valence electrons. The Morgan fingerprint density at radius 1 is 1.25 bits per heavy atom. The molecule has 1 heterocycles. The Bertz CT molecular complexity index is 629. The molecule has 1 saturated carbocycles. The van der Waals surface area contributed by atoms with Crippen molar-refractivity contribution < 1.29 is 18.0 Å². The van der Waals surface area contributed by atoms with Gasteiger partial charge in [-0.05, 0) is 61.9 Å². The third-order valence-corrected chi connectivity index (χ3v) is 5.54. The molecule has 0 bridgehead atoms. The van der Waals surface area contributed by atoms with Crippen molar-refractivity contribution >= 4 is 5.91 Å². The van der Waals surface area contributed by atoms with Gasteiger partial charge < -0.3 is 5.32 Å². The zero-order valence-corrected chi connectivity index (χ0v) is 14.0. The summed E-state index contributed by atoms with van der Waals surface area (Å²) >= 11 is 0. The number of amides is 1. The first kappa shape index (κ1) is 17.3. The molecule has 24 heavy (non-hydrogen) atoms. The summed E-state index contributed by atoms with van der Waals surface area (Å²) in [5, 5.41) is 2.91. The summed E-state index contributed by atoms with van der Waals surface area (Å²) < 4.78 is 38.8. The van der Waals surface area contributed by atoms with E-state index in [0.717, 1.165) is 36.6 Å². The normalized spacial score (nSPS) is 27.2. The Hall–Kier alpha value is -1.56. The number of piperidine rings is 1. The number of carbonyl (C=O) groups excluding carboxylic acids is 1. The molecule has 1 N–H and O–H groups in total. The van der Waals surface area contributed by atoms with E-state index in [1.54, 1.807) is 6.07 Å². The number of nitrogens with one attached hydrogen (secondary N) is 1. The van der Waals surface area contributed by atoms with Gasteiger partial charge in [0.2, 0.25) is 5.91 Å². The second-order valence-electron chi connectivity index (χ2n) is 7.21. The van der Waals surface area contributed by atoms with E-state index in [2.05, 4.69) is 10.2 Å². The van der Waals surface area contributed by atoms with E-state index >= 15 is 0 Å². The van der Waals surface area contributed by atoms with Gasteiger partial charge in [0, 0.05) is 25.6 Å². The van der Waals surface area contributed by atoms with E-state index < -0.39 is 11.7 Å². The molecule has 0 aromatic heterocycles. The highest BCUT2D eigenvalue weighted by Crippen LogP contribution is 2.39. The molecule has 1 aliphatic carbocycles. The quantitative estimate of drug-likeness (QED) is 0.915. The fourth-order valence-electron chi connectivity index (χ4n) is 4.01. The molecule has 1 saturated heterocycles. The number of halogens is 3. The first-order valence-corrected chi connectivity index (χ1v) is 8.37. The number of carbonyl (C=O) groups is 1. The zero-order chi connectivity index (χ0) is 17.5. The standard InChI is InChI=1S/C18H23F3N2O/c1-11-3-4-15(18(19,20)21)5-14(11)10-23(2)16-6-12-8-17(24)22-9-13(12)7-16/h3-5,12-13,16H,6-10H2,1-2H3,(H,22,24)/t12-,13+,16-/m1/s1. The Kier molecular flexibility index (Phi) is 4.60. The Balaban J connectivity index is 1.69. The molecule has 0 unspecified atom stereocenters. The minimum absolute atomic E-state index is 0.119. The van der Waals surface area contributed by atoms with Gasteiger partial charge in [-0.3, -0.25) is 9.69 Å². The van der Waals surface area contributed by atoms with Gasteiger partial charge in [0.1, 0.15) is 0 Å². The van der Waals surface area contributed by atoms with Crippen molar-refractivity contribution in [3.63, 3.8) is 0 Å². The molecule has 3 nitrogen and oxygen atoms in total. The van der Waals surface area contributed by atoms with Gasteiger partial charge in [-0.25, -0.2) is 0 Å². The smallest absolute Gasteiger partial charge is 0.356 e. The van der Waals surface area contributed by atoms with Crippen molar-refractivity contribution in [2.24, 2.45) is 11.8 Å². The maximum atomic E-state index is 12.9. The second-order valence-corrected chi connectivity index (χ2v) is 7.21. The van der Waals surface area contributed by atoms with E-state index in [-0.39, 0.29) is 5.91 Å². The minimum Gasteiger partial charge on any atom is -0.356 e. The number of nitrogens with zero attached hydrogens (tertiary/aromatic N) is 1. The van der Waals surface area contributed by atoms with Gasteiger partial charge in [-0.2, -0.15) is 13.2 Å². The Labute approximate surface area is 140 Å². The maximum absolute atomic E-state index is 12.9. The maximum Gasteiger partial charge on any atom is 0.416 e.